The van der Waals surface area contributed by atoms with Gasteiger partial charge in [0, 0.05) is 12.6 Å². The Labute approximate surface area is 114 Å². The summed E-state index contributed by atoms with van der Waals surface area (Å²) in [6.45, 7) is 10.4. The first-order valence-corrected chi connectivity index (χ1v) is 8.17. The first-order valence-electron chi connectivity index (χ1n) is 8.17. The number of hydrogen-bond donors (Lipinski definition) is 1. The molecule has 2 heteroatoms. The molecular weight excluding hydrogens is 220 g/mol. The smallest absolute Gasteiger partial charge is 0.00644 e. The summed E-state index contributed by atoms with van der Waals surface area (Å²) in [5.74, 6) is 1.64. The molecule has 108 valence electrons. The van der Waals surface area contributed by atoms with Gasteiger partial charge in [-0.1, -0.05) is 33.1 Å². The van der Waals surface area contributed by atoms with Crippen LogP contribution in [0.1, 0.15) is 65.7 Å². The third-order valence-corrected chi connectivity index (χ3v) is 4.85. The zero-order chi connectivity index (χ0) is 13.4. The minimum atomic E-state index is 0.733. The van der Waals surface area contributed by atoms with Crippen LogP contribution in [-0.2, 0) is 0 Å². The van der Waals surface area contributed by atoms with Gasteiger partial charge in [-0.2, -0.15) is 0 Å². The van der Waals surface area contributed by atoms with Crippen molar-refractivity contribution < 1.29 is 0 Å². The van der Waals surface area contributed by atoms with Crippen LogP contribution in [0.15, 0.2) is 0 Å². The van der Waals surface area contributed by atoms with Crippen LogP contribution in [-0.4, -0.2) is 30.6 Å². The molecule has 0 aromatic heterocycles. The third kappa shape index (κ3) is 4.89. The summed E-state index contributed by atoms with van der Waals surface area (Å²) in [6.07, 6.45) is 9.50. The number of nitrogens with two attached hydrogens (primary N) is 1. The minimum Gasteiger partial charge on any atom is -0.330 e. The van der Waals surface area contributed by atoms with E-state index in [0.29, 0.717) is 0 Å². The second-order valence-electron chi connectivity index (χ2n) is 6.15. The van der Waals surface area contributed by atoms with Crippen molar-refractivity contribution >= 4 is 0 Å². The summed E-state index contributed by atoms with van der Waals surface area (Å²) in [7, 11) is 0. The van der Waals surface area contributed by atoms with Gasteiger partial charge in [-0.3, -0.25) is 0 Å². The molecule has 0 aromatic carbocycles. The summed E-state index contributed by atoms with van der Waals surface area (Å²) in [4.78, 5) is 2.72. The maximum absolute atomic E-state index is 5.96. The SMILES string of the molecule is CCCCN(CC1CCCCC1CN)C(C)CC. The average Bonchev–Trinajstić information content (AvgIpc) is 2.42. The van der Waals surface area contributed by atoms with E-state index in [1.54, 1.807) is 0 Å². The summed E-state index contributed by atoms with van der Waals surface area (Å²) >= 11 is 0. The molecule has 0 bridgehead atoms. The van der Waals surface area contributed by atoms with Crippen LogP contribution in [0.2, 0.25) is 0 Å². The van der Waals surface area contributed by atoms with Gasteiger partial charge in [0.05, 0.1) is 0 Å². The van der Waals surface area contributed by atoms with Crippen molar-refractivity contribution in [2.24, 2.45) is 17.6 Å². The molecule has 1 aliphatic rings. The second-order valence-corrected chi connectivity index (χ2v) is 6.15. The van der Waals surface area contributed by atoms with E-state index >= 15 is 0 Å². The fourth-order valence-electron chi connectivity index (χ4n) is 3.25. The monoisotopic (exact) mass is 254 g/mol. The predicted molar refractivity (Wildman–Crippen MR) is 80.7 cm³/mol. The summed E-state index contributed by atoms with van der Waals surface area (Å²) in [5.41, 5.74) is 5.96. The molecule has 1 aliphatic carbocycles. The van der Waals surface area contributed by atoms with Gasteiger partial charge in [0.25, 0.3) is 0 Å². The molecule has 0 spiro atoms. The van der Waals surface area contributed by atoms with Crippen molar-refractivity contribution in [1.82, 2.24) is 4.90 Å². The molecule has 0 aliphatic heterocycles. The van der Waals surface area contributed by atoms with Gasteiger partial charge in [0.2, 0.25) is 0 Å². The average molecular weight is 254 g/mol. The van der Waals surface area contributed by atoms with Gasteiger partial charge in [-0.25, -0.2) is 0 Å². The maximum Gasteiger partial charge on any atom is 0.00644 e. The quantitative estimate of drug-likeness (QED) is 0.716. The molecule has 0 aromatic rings. The lowest BCUT2D eigenvalue weighted by Gasteiger charge is -2.37. The Bertz CT molecular complexity index is 205. The highest BCUT2D eigenvalue weighted by atomic mass is 15.1. The van der Waals surface area contributed by atoms with E-state index < -0.39 is 0 Å². The van der Waals surface area contributed by atoms with Crippen LogP contribution in [0.25, 0.3) is 0 Å². The topological polar surface area (TPSA) is 29.3 Å². The lowest BCUT2D eigenvalue weighted by molar-refractivity contribution is 0.121. The Morgan fingerprint density at radius 2 is 1.83 bits per heavy atom. The van der Waals surface area contributed by atoms with Crippen molar-refractivity contribution in [1.29, 1.82) is 0 Å². The summed E-state index contributed by atoms with van der Waals surface area (Å²) in [5, 5.41) is 0. The van der Waals surface area contributed by atoms with E-state index in [0.717, 1.165) is 24.4 Å². The Morgan fingerprint density at radius 1 is 1.17 bits per heavy atom. The van der Waals surface area contributed by atoms with Gasteiger partial charge in [-0.15, -0.1) is 0 Å². The van der Waals surface area contributed by atoms with E-state index in [1.807, 2.05) is 0 Å². The minimum absolute atomic E-state index is 0.733. The molecule has 0 radical (unpaired) electrons. The van der Waals surface area contributed by atoms with Crippen LogP contribution < -0.4 is 5.73 Å². The molecule has 3 unspecified atom stereocenters. The lowest BCUT2D eigenvalue weighted by atomic mass is 9.79. The molecule has 3 atom stereocenters. The Kier molecular flexibility index (Phi) is 7.92. The van der Waals surface area contributed by atoms with Crippen molar-refractivity contribution in [3.63, 3.8) is 0 Å². The molecule has 1 saturated carbocycles. The fourth-order valence-corrected chi connectivity index (χ4v) is 3.25. The number of unbranched alkanes of at least 4 members (excludes halogenated alkanes) is 1. The Morgan fingerprint density at radius 3 is 2.39 bits per heavy atom. The van der Waals surface area contributed by atoms with Crippen molar-refractivity contribution in [3.8, 4) is 0 Å². The predicted octanol–water partition coefficient (Wildman–Crippen LogP) is 3.65. The molecule has 1 rings (SSSR count). The lowest BCUT2D eigenvalue weighted by Crippen LogP contribution is -2.41. The maximum atomic E-state index is 5.96. The van der Waals surface area contributed by atoms with Gasteiger partial charge >= 0.3 is 0 Å². The Balaban J connectivity index is 2.51. The van der Waals surface area contributed by atoms with Crippen LogP contribution in [0.5, 0.6) is 0 Å². The first kappa shape index (κ1) is 16.0. The molecular formula is C16H34N2. The van der Waals surface area contributed by atoms with Gasteiger partial charge in [-0.05, 0) is 57.5 Å². The van der Waals surface area contributed by atoms with Gasteiger partial charge in [0.15, 0.2) is 0 Å². The molecule has 0 amide bonds. The van der Waals surface area contributed by atoms with Crippen molar-refractivity contribution in [3.05, 3.63) is 0 Å². The molecule has 2 N–H and O–H groups in total. The van der Waals surface area contributed by atoms with Crippen LogP contribution in [0, 0.1) is 11.8 Å². The van der Waals surface area contributed by atoms with E-state index in [4.69, 9.17) is 5.73 Å². The second kappa shape index (κ2) is 8.92. The van der Waals surface area contributed by atoms with Gasteiger partial charge in [0.1, 0.15) is 0 Å². The van der Waals surface area contributed by atoms with E-state index in [-0.39, 0.29) is 0 Å². The van der Waals surface area contributed by atoms with E-state index in [9.17, 15) is 0 Å². The highest BCUT2D eigenvalue weighted by molar-refractivity contribution is 4.80. The zero-order valence-corrected chi connectivity index (χ0v) is 12.8. The van der Waals surface area contributed by atoms with Gasteiger partial charge < -0.3 is 10.6 Å². The number of hydrogen-bond acceptors (Lipinski definition) is 2. The Hall–Kier alpha value is -0.0800. The van der Waals surface area contributed by atoms with E-state index in [1.165, 1.54) is 58.0 Å². The molecule has 0 heterocycles. The number of nitrogens with zero attached hydrogens (tertiary/aromatic N) is 1. The number of rotatable bonds is 8. The molecule has 2 nitrogen and oxygen atoms in total. The van der Waals surface area contributed by atoms with Crippen LogP contribution in [0.4, 0.5) is 0 Å². The largest absolute Gasteiger partial charge is 0.330 e. The third-order valence-electron chi connectivity index (χ3n) is 4.85. The summed E-state index contributed by atoms with van der Waals surface area (Å²) < 4.78 is 0. The van der Waals surface area contributed by atoms with E-state index in [2.05, 4.69) is 25.7 Å². The van der Waals surface area contributed by atoms with Crippen LogP contribution in [0.3, 0.4) is 0 Å². The molecule has 18 heavy (non-hydrogen) atoms. The van der Waals surface area contributed by atoms with Crippen LogP contribution >= 0.6 is 0 Å². The standard InChI is InChI=1S/C16H34N2/c1-4-6-11-18(14(3)5-2)13-16-10-8-7-9-15(16)12-17/h14-16H,4-13,17H2,1-3H3. The fraction of sp³-hybridized carbons (Fsp3) is 1.00. The normalized spacial score (nSPS) is 26.5. The summed E-state index contributed by atoms with van der Waals surface area (Å²) in [6, 6.07) is 0.733. The molecule has 0 saturated heterocycles. The van der Waals surface area contributed by atoms with Crippen molar-refractivity contribution in [2.45, 2.75) is 71.8 Å². The molecule has 1 fully saturated rings. The first-order chi connectivity index (χ1) is 8.72. The highest BCUT2D eigenvalue weighted by Gasteiger charge is 2.26. The van der Waals surface area contributed by atoms with Crippen molar-refractivity contribution in [2.75, 3.05) is 19.6 Å². The zero-order valence-electron chi connectivity index (χ0n) is 12.8. The highest BCUT2D eigenvalue weighted by Crippen LogP contribution is 2.30.